The van der Waals surface area contributed by atoms with Gasteiger partial charge in [-0.3, -0.25) is 4.79 Å². The Morgan fingerprint density at radius 3 is 2.19 bits per heavy atom. The Balaban J connectivity index is 1.83. The lowest BCUT2D eigenvalue weighted by atomic mass is 9.97. The van der Waals surface area contributed by atoms with E-state index in [4.69, 9.17) is 4.74 Å². The first-order chi connectivity index (χ1) is 13.0. The summed E-state index contributed by atoms with van der Waals surface area (Å²) in [5, 5.41) is 3.49. The van der Waals surface area contributed by atoms with Crippen molar-refractivity contribution in [1.82, 2.24) is 0 Å². The number of ketones is 1. The topological polar surface area (TPSA) is 38.3 Å². The maximum atomic E-state index is 12.8. The highest BCUT2D eigenvalue weighted by molar-refractivity contribution is 9.10. The van der Waals surface area contributed by atoms with Crippen LogP contribution in [0.5, 0.6) is 5.75 Å². The Bertz CT molecular complexity index is 887. The Morgan fingerprint density at radius 2 is 1.59 bits per heavy atom. The van der Waals surface area contributed by atoms with Gasteiger partial charge in [0.25, 0.3) is 0 Å². The average molecular weight is 424 g/mol. The number of carbonyl (C=O) groups excluding carboxylic acids is 1. The van der Waals surface area contributed by atoms with E-state index in [0.29, 0.717) is 12.0 Å². The van der Waals surface area contributed by atoms with E-state index in [9.17, 15) is 4.79 Å². The minimum Gasteiger partial charge on any atom is -0.497 e. The van der Waals surface area contributed by atoms with Crippen LogP contribution in [0.3, 0.4) is 0 Å². The monoisotopic (exact) mass is 423 g/mol. The maximum Gasteiger partial charge on any atom is 0.165 e. The van der Waals surface area contributed by atoms with Crippen molar-refractivity contribution in [3.8, 4) is 5.75 Å². The van der Waals surface area contributed by atoms with Gasteiger partial charge in [0.15, 0.2) is 5.78 Å². The SMILES string of the molecule is COc1ccc(NC(CC(=O)c2ccc(Br)cc2)c2ccc(C)cc2)cc1. The minimum atomic E-state index is -0.116. The highest BCUT2D eigenvalue weighted by atomic mass is 79.9. The number of nitrogens with one attached hydrogen (secondary N) is 1. The van der Waals surface area contributed by atoms with Gasteiger partial charge in [-0.25, -0.2) is 0 Å². The van der Waals surface area contributed by atoms with E-state index in [2.05, 4.69) is 52.4 Å². The van der Waals surface area contributed by atoms with Crippen molar-refractivity contribution in [1.29, 1.82) is 0 Å². The predicted octanol–water partition coefficient (Wildman–Crippen LogP) is 6.19. The Labute approximate surface area is 168 Å². The van der Waals surface area contributed by atoms with Crippen molar-refractivity contribution in [3.63, 3.8) is 0 Å². The van der Waals surface area contributed by atoms with Gasteiger partial charge in [0.1, 0.15) is 5.75 Å². The zero-order valence-electron chi connectivity index (χ0n) is 15.4. The molecule has 3 aromatic carbocycles. The fourth-order valence-electron chi connectivity index (χ4n) is 2.88. The number of hydrogen-bond acceptors (Lipinski definition) is 3. The number of benzene rings is 3. The van der Waals surface area contributed by atoms with Crippen LogP contribution < -0.4 is 10.1 Å². The van der Waals surface area contributed by atoms with Gasteiger partial charge in [-0.2, -0.15) is 0 Å². The normalized spacial score (nSPS) is 11.7. The van der Waals surface area contributed by atoms with Gasteiger partial charge >= 0.3 is 0 Å². The van der Waals surface area contributed by atoms with Gasteiger partial charge in [-0.05, 0) is 48.9 Å². The molecule has 0 heterocycles. The Morgan fingerprint density at radius 1 is 0.963 bits per heavy atom. The third-order valence-corrected chi connectivity index (χ3v) is 5.00. The van der Waals surface area contributed by atoms with E-state index in [1.165, 1.54) is 5.56 Å². The predicted molar refractivity (Wildman–Crippen MR) is 114 cm³/mol. The zero-order chi connectivity index (χ0) is 19.2. The highest BCUT2D eigenvalue weighted by Crippen LogP contribution is 2.26. The van der Waals surface area contributed by atoms with Crippen molar-refractivity contribution < 1.29 is 9.53 Å². The second-order valence-electron chi connectivity index (χ2n) is 6.47. The van der Waals surface area contributed by atoms with Crippen LogP contribution in [0.15, 0.2) is 77.3 Å². The van der Waals surface area contributed by atoms with E-state index >= 15 is 0 Å². The largest absolute Gasteiger partial charge is 0.497 e. The molecule has 0 aromatic heterocycles. The van der Waals surface area contributed by atoms with E-state index in [1.807, 2.05) is 48.5 Å². The van der Waals surface area contributed by atoms with E-state index < -0.39 is 0 Å². The first-order valence-electron chi connectivity index (χ1n) is 8.81. The van der Waals surface area contributed by atoms with Gasteiger partial charge in [0, 0.05) is 22.1 Å². The first kappa shape index (κ1) is 19.2. The molecule has 0 fully saturated rings. The number of anilines is 1. The fourth-order valence-corrected chi connectivity index (χ4v) is 3.14. The van der Waals surface area contributed by atoms with Crippen molar-refractivity contribution in [3.05, 3.63) is 94.0 Å². The average Bonchev–Trinajstić information content (AvgIpc) is 2.69. The van der Waals surface area contributed by atoms with Crippen molar-refractivity contribution in [2.24, 2.45) is 0 Å². The van der Waals surface area contributed by atoms with Crippen molar-refractivity contribution >= 4 is 27.4 Å². The summed E-state index contributed by atoms with van der Waals surface area (Å²) in [5.74, 6) is 0.910. The lowest BCUT2D eigenvalue weighted by Crippen LogP contribution is -2.16. The van der Waals surface area contributed by atoms with Gasteiger partial charge < -0.3 is 10.1 Å². The van der Waals surface area contributed by atoms with Gasteiger partial charge in [0.2, 0.25) is 0 Å². The lowest BCUT2D eigenvalue weighted by molar-refractivity contribution is 0.0976. The summed E-state index contributed by atoms with van der Waals surface area (Å²) < 4.78 is 6.18. The van der Waals surface area contributed by atoms with Crippen LogP contribution in [-0.4, -0.2) is 12.9 Å². The summed E-state index contributed by atoms with van der Waals surface area (Å²) in [6.45, 7) is 2.06. The van der Waals surface area contributed by atoms with Crippen molar-refractivity contribution in [2.75, 3.05) is 12.4 Å². The van der Waals surface area contributed by atoms with Gasteiger partial charge in [-0.1, -0.05) is 57.9 Å². The van der Waals surface area contributed by atoms with Crippen LogP contribution in [-0.2, 0) is 0 Å². The van der Waals surface area contributed by atoms with E-state index in [-0.39, 0.29) is 11.8 Å². The molecule has 0 radical (unpaired) electrons. The third-order valence-electron chi connectivity index (χ3n) is 4.47. The summed E-state index contributed by atoms with van der Waals surface area (Å²) in [6.07, 6.45) is 0.372. The lowest BCUT2D eigenvalue weighted by Gasteiger charge is -2.20. The zero-order valence-corrected chi connectivity index (χ0v) is 17.0. The Kier molecular flexibility index (Phi) is 6.30. The van der Waals surface area contributed by atoms with Crippen molar-refractivity contribution in [2.45, 2.75) is 19.4 Å². The van der Waals surface area contributed by atoms with E-state index in [0.717, 1.165) is 21.5 Å². The molecule has 4 heteroatoms. The summed E-state index contributed by atoms with van der Waals surface area (Å²) in [5.41, 5.74) is 3.94. The molecule has 0 saturated heterocycles. The second-order valence-corrected chi connectivity index (χ2v) is 7.39. The standard InChI is InChI=1S/C23H22BrNO2/c1-16-3-5-17(6-4-16)22(25-20-11-13-21(27-2)14-12-20)15-23(26)18-7-9-19(24)10-8-18/h3-14,22,25H,15H2,1-2H3. The number of aryl methyl sites for hydroxylation is 1. The molecule has 1 atom stereocenters. The Hall–Kier alpha value is -2.59. The fraction of sp³-hybridized carbons (Fsp3) is 0.174. The van der Waals surface area contributed by atoms with Gasteiger partial charge in [0.05, 0.1) is 13.2 Å². The summed E-state index contributed by atoms with van der Waals surface area (Å²) >= 11 is 3.41. The van der Waals surface area contributed by atoms with Crippen LogP contribution in [0.1, 0.15) is 33.9 Å². The molecule has 3 aromatic rings. The molecule has 0 aliphatic heterocycles. The van der Waals surface area contributed by atoms with Crippen LogP contribution >= 0.6 is 15.9 Å². The molecule has 3 rings (SSSR count). The molecular formula is C23H22BrNO2. The number of Topliss-reactive ketones (excluding diaryl/α,β-unsaturated/α-hetero) is 1. The minimum absolute atomic E-state index is 0.106. The molecule has 0 saturated carbocycles. The van der Waals surface area contributed by atoms with Crippen LogP contribution in [0.2, 0.25) is 0 Å². The molecule has 0 aliphatic carbocycles. The summed E-state index contributed by atoms with van der Waals surface area (Å²) in [7, 11) is 1.65. The third kappa shape index (κ3) is 5.20. The molecule has 0 spiro atoms. The number of carbonyl (C=O) groups is 1. The first-order valence-corrected chi connectivity index (χ1v) is 9.60. The van der Waals surface area contributed by atoms with Crippen LogP contribution in [0, 0.1) is 6.92 Å². The van der Waals surface area contributed by atoms with Crippen LogP contribution in [0.4, 0.5) is 5.69 Å². The number of rotatable bonds is 7. The van der Waals surface area contributed by atoms with Crippen LogP contribution in [0.25, 0.3) is 0 Å². The number of hydrogen-bond donors (Lipinski definition) is 1. The molecule has 1 N–H and O–H groups in total. The van der Waals surface area contributed by atoms with Gasteiger partial charge in [-0.15, -0.1) is 0 Å². The molecule has 0 aliphatic rings. The molecule has 1 unspecified atom stereocenters. The second kappa shape index (κ2) is 8.87. The molecular weight excluding hydrogens is 402 g/mol. The smallest absolute Gasteiger partial charge is 0.165 e. The number of halogens is 1. The summed E-state index contributed by atoms with van der Waals surface area (Å²) in [6, 6.07) is 23.4. The molecule has 0 amide bonds. The number of ether oxygens (including phenoxy) is 1. The highest BCUT2D eigenvalue weighted by Gasteiger charge is 2.17. The molecule has 0 bridgehead atoms. The number of methoxy groups -OCH3 is 1. The van der Waals surface area contributed by atoms with E-state index in [1.54, 1.807) is 7.11 Å². The molecule has 3 nitrogen and oxygen atoms in total. The molecule has 27 heavy (non-hydrogen) atoms. The molecule has 138 valence electrons. The quantitative estimate of drug-likeness (QED) is 0.460. The summed E-state index contributed by atoms with van der Waals surface area (Å²) in [4.78, 5) is 12.8. The maximum absolute atomic E-state index is 12.8.